The summed E-state index contributed by atoms with van der Waals surface area (Å²) in [6.07, 6.45) is -2.17. The zero-order chi connectivity index (χ0) is 77.6. The van der Waals surface area contributed by atoms with Crippen LogP contribution in [-0.4, -0.2) is 206 Å². The molecule has 1 aliphatic rings. The third kappa shape index (κ3) is 26.9. The molecule has 0 aliphatic carbocycles. The number of aliphatic hydroxyl groups is 1. The van der Waals surface area contributed by atoms with Crippen LogP contribution in [0.2, 0.25) is 0 Å². The summed E-state index contributed by atoms with van der Waals surface area (Å²) >= 11 is 0. The van der Waals surface area contributed by atoms with Crippen molar-refractivity contribution in [1.29, 1.82) is 0 Å². The Morgan fingerprint density at radius 1 is 0.604 bits per heavy atom. The summed E-state index contributed by atoms with van der Waals surface area (Å²) in [6, 6.07) is -1.32. The van der Waals surface area contributed by atoms with Gasteiger partial charge in [-0.3, -0.25) is 56.9 Å². The number of carbonyl (C=O) groups is 12. The maximum absolute atomic E-state index is 15.4. The Bertz CT molecular complexity index is 3090. The van der Waals surface area contributed by atoms with Crippen LogP contribution in [0, 0.1) is 77.4 Å². The molecule has 1 fully saturated rings. The van der Waals surface area contributed by atoms with Crippen LogP contribution in [0.1, 0.15) is 207 Å². The molecule has 0 saturated carbocycles. The highest BCUT2D eigenvalue weighted by Crippen LogP contribution is 2.37. The number of ether oxygens (including phenoxy) is 1. The van der Waals surface area contributed by atoms with E-state index in [1.807, 2.05) is 48.5 Å². The van der Waals surface area contributed by atoms with Crippen molar-refractivity contribution in [3.05, 3.63) is 29.8 Å². The van der Waals surface area contributed by atoms with Crippen LogP contribution in [0.5, 0.6) is 0 Å². The molecule has 24 nitrogen and oxygen atoms in total. The summed E-state index contributed by atoms with van der Waals surface area (Å²) < 4.78 is 36.1. The van der Waals surface area contributed by atoms with Crippen LogP contribution in [0.4, 0.5) is 4.79 Å². The van der Waals surface area contributed by atoms with Gasteiger partial charge >= 0.3 is 6.09 Å². The van der Waals surface area contributed by atoms with Gasteiger partial charge in [-0.25, -0.2) is 4.79 Å². The van der Waals surface area contributed by atoms with Crippen molar-refractivity contribution in [2.24, 2.45) is 70.5 Å². The number of rotatable bonds is 22. The minimum atomic E-state index is -4.03. The van der Waals surface area contributed by atoms with Gasteiger partial charge in [-0.05, 0) is 105 Å². The standard InChI is InChI=1S/C76H127N7O17S/c1-25-58-63(86)38-51(14)61(84)42-57(76(17,18)43-79(19)75(96)99-24)62(85)41-56(47(8)9)73(94)81(21)59(36-45(4)5)64(87)39-52(15)69(90)77-53(16)71(92)80(20)60(37-46(6)7)65(88)40-54(35-44(2)3)72(93)82(22)66(48(10)11)74(95)83(23)67(70(91)78-58)68(89)50(13)29-27-26-28-34-100-101(97,98)55-32-30-49(12)31-33-55/h30-33,44-48,50-54,56-60,66-68,89H,25-29,34-43H2,1-24H3,(H,77,90)(H,78,91)/t50-,51+,52-,53-,54-,56+,57-,58+,59+,60+,66+,67+,68-/m1/s1. The molecule has 2 rings (SSSR count). The fourth-order valence-corrected chi connectivity index (χ4v) is 14.6. The first kappa shape index (κ1) is 90.6. The second-order valence-electron chi connectivity index (χ2n) is 31.5. The van der Waals surface area contributed by atoms with Gasteiger partial charge in [-0.15, -0.1) is 0 Å². The van der Waals surface area contributed by atoms with Crippen LogP contribution >= 0.6 is 0 Å². The molecule has 0 spiro atoms. The van der Waals surface area contributed by atoms with Crippen LogP contribution in [-0.2, 0) is 71.8 Å². The molecular weight excluding hydrogens is 1310 g/mol. The predicted octanol–water partition coefficient (Wildman–Crippen LogP) is 9.07. The molecule has 13 atom stereocenters. The molecule has 0 bridgehead atoms. The van der Waals surface area contributed by atoms with E-state index in [-0.39, 0.29) is 87.2 Å². The fourth-order valence-electron chi connectivity index (χ4n) is 13.7. The van der Waals surface area contributed by atoms with Crippen molar-refractivity contribution >= 4 is 80.6 Å². The Morgan fingerprint density at radius 3 is 1.62 bits per heavy atom. The minimum absolute atomic E-state index is 0.00320. The quantitative estimate of drug-likeness (QED) is 0.0719. The van der Waals surface area contributed by atoms with Crippen LogP contribution < -0.4 is 10.6 Å². The molecule has 7 amide bonds. The van der Waals surface area contributed by atoms with Crippen LogP contribution in [0.25, 0.3) is 0 Å². The molecule has 25 heteroatoms. The van der Waals surface area contributed by atoms with Gasteiger partial charge < -0.3 is 45.0 Å². The summed E-state index contributed by atoms with van der Waals surface area (Å²) in [5.74, 6) is -14.0. The van der Waals surface area contributed by atoms with E-state index in [2.05, 4.69) is 10.6 Å². The fraction of sp³-hybridized carbons (Fsp3) is 0.763. The summed E-state index contributed by atoms with van der Waals surface area (Å²) in [6.45, 7) is 31.1. The molecule has 1 aliphatic heterocycles. The number of ketones is 5. The number of aliphatic hydroxyl groups excluding tert-OH is 1. The number of nitrogens with one attached hydrogen (secondary N) is 2. The number of nitrogens with zero attached hydrogens (tertiary/aromatic N) is 5. The molecule has 1 aromatic rings. The molecule has 0 unspecified atom stereocenters. The lowest BCUT2D eigenvalue weighted by molar-refractivity contribution is -0.155. The first-order valence-corrected chi connectivity index (χ1v) is 37.8. The Labute approximate surface area is 604 Å². The number of benzene rings is 1. The van der Waals surface area contributed by atoms with E-state index in [4.69, 9.17) is 8.92 Å². The van der Waals surface area contributed by atoms with Gasteiger partial charge in [0, 0.05) is 103 Å². The molecule has 0 radical (unpaired) electrons. The van der Waals surface area contributed by atoms with Crippen molar-refractivity contribution in [3.8, 4) is 0 Å². The van der Waals surface area contributed by atoms with Crippen molar-refractivity contribution in [2.45, 2.75) is 255 Å². The number of likely N-dealkylation sites (N-methyl/N-ethyl adjacent to an activating group) is 4. The minimum Gasteiger partial charge on any atom is -0.453 e. The molecule has 1 heterocycles. The predicted molar refractivity (Wildman–Crippen MR) is 388 cm³/mol. The number of aryl methyl sites for hydroxylation is 1. The Balaban J connectivity index is 2.96. The third-order valence-electron chi connectivity index (χ3n) is 20.0. The molecule has 101 heavy (non-hydrogen) atoms. The normalized spacial score (nSPS) is 25.4. The first-order valence-electron chi connectivity index (χ1n) is 36.4. The summed E-state index contributed by atoms with van der Waals surface area (Å²) in [5.41, 5.74) is -0.283. The van der Waals surface area contributed by atoms with Crippen LogP contribution in [0.15, 0.2) is 29.2 Å². The van der Waals surface area contributed by atoms with E-state index >= 15 is 19.2 Å². The van der Waals surface area contributed by atoms with E-state index in [0.717, 1.165) is 10.5 Å². The van der Waals surface area contributed by atoms with E-state index in [0.29, 0.717) is 19.3 Å². The van der Waals surface area contributed by atoms with Crippen molar-refractivity contribution < 1.29 is 80.0 Å². The highest BCUT2D eigenvalue weighted by Gasteiger charge is 2.46. The Kier molecular flexibility index (Phi) is 36.9. The monoisotopic (exact) mass is 1440 g/mol. The lowest BCUT2D eigenvalue weighted by atomic mass is 9.70. The van der Waals surface area contributed by atoms with Gasteiger partial charge in [0.1, 0.15) is 29.7 Å². The molecule has 574 valence electrons. The number of hydrogen-bond acceptors (Lipinski definition) is 17. The van der Waals surface area contributed by atoms with E-state index < -0.39 is 189 Å². The summed E-state index contributed by atoms with van der Waals surface area (Å²) in [7, 11) is 4.34. The summed E-state index contributed by atoms with van der Waals surface area (Å²) in [5, 5.41) is 18.0. The highest BCUT2D eigenvalue weighted by atomic mass is 32.2. The van der Waals surface area contributed by atoms with Gasteiger partial charge in [-0.2, -0.15) is 8.42 Å². The molecule has 3 N–H and O–H groups in total. The average molecular weight is 1440 g/mol. The van der Waals surface area contributed by atoms with Crippen molar-refractivity contribution in [2.75, 3.05) is 55.5 Å². The molecule has 0 aromatic heterocycles. The number of unbranched alkanes of at least 4 members (excludes halogenated alkanes) is 2. The zero-order valence-corrected chi connectivity index (χ0v) is 66.2. The van der Waals surface area contributed by atoms with Crippen LogP contribution in [0.3, 0.4) is 0 Å². The highest BCUT2D eigenvalue weighted by molar-refractivity contribution is 7.86. The number of amides is 7. The number of hydrogen-bond donors (Lipinski definition) is 3. The smallest absolute Gasteiger partial charge is 0.409 e. The van der Waals surface area contributed by atoms with Gasteiger partial charge in [0.25, 0.3) is 10.1 Å². The Hall–Kier alpha value is -6.47. The average Bonchev–Trinajstić information content (AvgIpc) is 0.813. The van der Waals surface area contributed by atoms with Gasteiger partial charge in [-0.1, -0.05) is 141 Å². The lowest BCUT2D eigenvalue weighted by Gasteiger charge is -2.40. The van der Waals surface area contributed by atoms with E-state index in [1.165, 1.54) is 94.9 Å². The first-order chi connectivity index (χ1) is 46.7. The van der Waals surface area contributed by atoms with E-state index in [9.17, 15) is 51.9 Å². The molecule has 1 aromatic carbocycles. The zero-order valence-electron chi connectivity index (χ0n) is 65.4. The topological polar surface area (TPSA) is 318 Å². The van der Waals surface area contributed by atoms with Crippen molar-refractivity contribution in [1.82, 2.24) is 35.1 Å². The Morgan fingerprint density at radius 2 is 1.12 bits per heavy atom. The second kappa shape index (κ2) is 41.1. The van der Waals surface area contributed by atoms with Gasteiger partial charge in [0.05, 0.1) is 42.8 Å². The summed E-state index contributed by atoms with van der Waals surface area (Å²) in [4.78, 5) is 182. The maximum atomic E-state index is 15.4. The number of carbonyl (C=O) groups excluding carboxylic acids is 12. The lowest BCUT2D eigenvalue weighted by Crippen LogP contribution is -2.62. The van der Waals surface area contributed by atoms with Gasteiger partial charge in [0.15, 0.2) is 17.3 Å². The van der Waals surface area contributed by atoms with E-state index in [1.54, 1.807) is 67.5 Å². The SMILES string of the molecule is CC[C@@H]1NC(=O)[C@H]([C@H](O)[C@H](C)CCCCCOS(=O)(=O)c2ccc(C)cc2)N(C)C(=O)[C@H](C(C)C)N(C)C(=O)[C@H](CC(C)C)CC(=O)[C@H](CC(C)C)N(C)C(=O)[C@@H](C)NC(=O)[C@H](C)CC(=O)[C@H](CC(C)C)N(C)C(=O)[C@H](C(C)C)CC(=O)[C@H](C(C)(C)CN(C)C(=O)OC)CC(=O)[C@@H](C)CC1=O. The second-order valence-corrected chi connectivity index (χ2v) is 33.1. The molecule has 1 saturated heterocycles. The third-order valence-corrected chi connectivity index (χ3v) is 21.3. The largest absolute Gasteiger partial charge is 0.453 e. The van der Waals surface area contributed by atoms with Gasteiger partial charge in [0.2, 0.25) is 35.4 Å². The molecular formula is C76H127N7O17S. The number of methoxy groups -OCH3 is 1. The van der Waals surface area contributed by atoms with Crippen molar-refractivity contribution in [3.63, 3.8) is 0 Å². The number of Topliss-reactive ketones (excluding diaryl/α,β-unsaturated/α-hetero) is 5. The maximum Gasteiger partial charge on any atom is 0.409 e.